The maximum Gasteiger partial charge on any atom is 0.363 e. The third-order valence-electron chi connectivity index (χ3n) is 3.71. The van der Waals surface area contributed by atoms with Crippen LogP contribution in [0.2, 0.25) is 0 Å². The van der Waals surface area contributed by atoms with E-state index in [1.54, 1.807) is 44.4 Å². The summed E-state index contributed by atoms with van der Waals surface area (Å²) in [6.07, 6.45) is 4.81. The molecule has 9 heteroatoms. The molecule has 0 aliphatic carbocycles. The molecule has 152 valence electrons. The molecule has 0 unspecified atom stereocenters. The number of hydrogen-bond acceptors (Lipinski definition) is 8. The van der Waals surface area contributed by atoms with Crippen molar-refractivity contribution >= 4 is 18.6 Å². The van der Waals surface area contributed by atoms with Crippen molar-refractivity contribution in [3.8, 4) is 17.2 Å². The van der Waals surface area contributed by atoms with E-state index in [0.29, 0.717) is 11.3 Å². The van der Waals surface area contributed by atoms with Gasteiger partial charge in [0, 0.05) is 12.4 Å². The number of nitrogens with one attached hydrogen (secondary N) is 1. The molecule has 0 saturated heterocycles. The Balaban J connectivity index is 2.62. The van der Waals surface area contributed by atoms with Crippen LogP contribution in [-0.2, 0) is 13.6 Å². The maximum absolute atomic E-state index is 13.5. The third kappa shape index (κ3) is 5.04. The topological polar surface area (TPSA) is 99.1 Å². The first-order chi connectivity index (χ1) is 13.5. The number of pyridine rings is 1. The van der Waals surface area contributed by atoms with Gasteiger partial charge in [-0.15, -0.1) is 0 Å². The minimum atomic E-state index is -3.68. The summed E-state index contributed by atoms with van der Waals surface area (Å²) < 4.78 is 35.0. The highest BCUT2D eigenvalue weighted by Crippen LogP contribution is 2.61. The molecule has 1 aromatic carbocycles. The van der Waals surface area contributed by atoms with Crippen LogP contribution in [0.4, 0.5) is 5.69 Å². The fourth-order valence-electron chi connectivity index (χ4n) is 2.48. The molecule has 0 aliphatic rings. The zero-order chi connectivity index (χ0) is 20.6. The Kier molecular flexibility index (Phi) is 7.87. The second-order valence-corrected chi connectivity index (χ2v) is 7.47. The lowest BCUT2D eigenvalue weighted by atomic mass is 10.1. The highest BCUT2D eigenvalue weighted by molar-refractivity contribution is 7.65. The summed E-state index contributed by atoms with van der Waals surface area (Å²) in [6, 6.07) is 6.66. The maximum atomic E-state index is 13.5. The van der Waals surface area contributed by atoms with Crippen LogP contribution in [-0.4, -0.2) is 37.5 Å². The van der Waals surface area contributed by atoms with Crippen molar-refractivity contribution in [2.45, 2.75) is 13.8 Å². The van der Waals surface area contributed by atoms with Crippen LogP contribution in [0, 0.1) is 0 Å². The number of nitrogens with zero attached hydrogens (tertiary/aromatic N) is 1. The lowest BCUT2D eigenvalue weighted by Gasteiger charge is -2.21. The minimum absolute atomic E-state index is 0.157. The molecule has 8 nitrogen and oxygen atoms in total. The quantitative estimate of drug-likeness (QED) is 0.555. The van der Waals surface area contributed by atoms with Crippen LogP contribution in [0.15, 0.2) is 42.9 Å². The fourth-order valence-corrected chi connectivity index (χ4v) is 4.18. The first-order valence-corrected chi connectivity index (χ1v) is 10.2. The van der Waals surface area contributed by atoms with E-state index in [1.165, 1.54) is 20.4 Å². The van der Waals surface area contributed by atoms with E-state index in [4.69, 9.17) is 18.5 Å². The predicted molar refractivity (Wildman–Crippen MR) is 108 cm³/mol. The Labute approximate surface area is 164 Å². The number of phenols is 1. The number of phenolic OH excluding ortho intramolecular Hbond substituents is 1. The van der Waals surface area contributed by atoms with Gasteiger partial charge in [0.15, 0.2) is 11.5 Å². The average molecular weight is 408 g/mol. The molecule has 0 amide bonds. The van der Waals surface area contributed by atoms with E-state index < -0.39 is 7.60 Å². The Morgan fingerprint density at radius 2 is 1.79 bits per heavy atom. The first kappa shape index (κ1) is 21.8. The van der Waals surface area contributed by atoms with Gasteiger partial charge < -0.3 is 28.9 Å². The highest BCUT2D eigenvalue weighted by Gasteiger charge is 2.32. The Morgan fingerprint density at radius 3 is 2.25 bits per heavy atom. The molecule has 1 heterocycles. The lowest BCUT2D eigenvalue weighted by Crippen LogP contribution is -2.02. The number of aromatic hydroxyl groups is 1. The molecule has 0 fully saturated rings. The van der Waals surface area contributed by atoms with Gasteiger partial charge in [0.25, 0.3) is 0 Å². The molecule has 2 N–H and O–H groups in total. The SMILES string of the molecule is CCOP(=O)(OCC)/C(=C/Nc1cccnc1)c1cc(OC)c(O)c(OC)c1. The second-order valence-electron chi connectivity index (χ2n) is 5.48. The highest BCUT2D eigenvalue weighted by atomic mass is 31.2. The Bertz CT molecular complexity index is 822. The number of benzene rings is 1. The minimum Gasteiger partial charge on any atom is -0.502 e. The van der Waals surface area contributed by atoms with E-state index in [-0.39, 0.29) is 35.8 Å². The van der Waals surface area contributed by atoms with E-state index in [1.807, 2.05) is 6.07 Å². The fraction of sp³-hybridized carbons (Fsp3) is 0.316. The van der Waals surface area contributed by atoms with Crippen molar-refractivity contribution in [3.63, 3.8) is 0 Å². The molecular weight excluding hydrogens is 383 g/mol. The van der Waals surface area contributed by atoms with Crippen LogP contribution in [0.3, 0.4) is 0 Å². The number of methoxy groups -OCH3 is 2. The largest absolute Gasteiger partial charge is 0.502 e. The van der Waals surface area contributed by atoms with Gasteiger partial charge in [-0.05, 0) is 43.7 Å². The molecule has 0 spiro atoms. The number of rotatable bonds is 10. The summed E-state index contributed by atoms with van der Waals surface area (Å²) in [5, 5.41) is 13.5. The summed E-state index contributed by atoms with van der Waals surface area (Å²) in [7, 11) is -0.845. The molecule has 28 heavy (non-hydrogen) atoms. The van der Waals surface area contributed by atoms with Gasteiger partial charge in [0.05, 0.1) is 44.6 Å². The summed E-state index contributed by atoms with van der Waals surface area (Å²) in [4.78, 5) is 4.04. The normalized spacial score (nSPS) is 11.9. The summed E-state index contributed by atoms with van der Waals surface area (Å²) >= 11 is 0. The molecule has 0 aliphatic heterocycles. The predicted octanol–water partition coefficient (Wildman–Crippen LogP) is 4.48. The van der Waals surface area contributed by atoms with Crippen molar-refractivity contribution in [2.75, 3.05) is 32.8 Å². The van der Waals surface area contributed by atoms with Gasteiger partial charge in [-0.25, -0.2) is 0 Å². The molecule has 0 radical (unpaired) electrons. The van der Waals surface area contributed by atoms with Crippen molar-refractivity contribution in [2.24, 2.45) is 0 Å². The van der Waals surface area contributed by atoms with Crippen LogP contribution in [0.25, 0.3) is 5.31 Å². The number of hydrogen-bond donors (Lipinski definition) is 2. The Morgan fingerprint density at radius 1 is 1.18 bits per heavy atom. The molecule has 0 atom stereocenters. The van der Waals surface area contributed by atoms with Gasteiger partial charge in [0.2, 0.25) is 5.75 Å². The molecule has 2 rings (SSSR count). The monoisotopic (exact) mass is 408 g/mol. The van der Waals surface area contributed by atoms with E-state index in [0.717, 1.165) is 0 Å². The molecule has 0 bridgehead atoms. The average Bonchev–Trinajstić information content (AvgIpc) is 2.70. The van der Waals surface area contributed by atoms with Crippen molar-refractivity contribution in [1.82, 2.24) is 4.98 Å². The van der Waals surface area contributed by atoms with Gasteiger partial charge in [0.1, 0.15) is 0 Å². The molecule has 2 aromatic rings. The lowest BCUT2D eigenvalue weighted by molar-refractivity contribution is 0.230. The summed E-state index contributed by atoms with van der Waals surface area (Å²) in [6.45, 7) is 3.84. The van der Waals surface area contributed by atoms with Gasteiger partial charge in [-0.1, -0.05) is 0 Å². The molecular formula is C19H25N2O6P. The number of anilines is 1. The molecule has 1 aromatic heterocycles. The van der Waals surface area contributed by atoms with Crippen LogP contribution in [0.5, 0.6) is 17.2 Å². The van der Waals surface area contributed by atoms with E-state index >= 15 is 0 Å². The first-order valence-electron chi connectivity index (χ1n) is 8.70. The smallest absolute Gasteiger partial charge is 0.363 e. The molecule has 0 saturated carbocycles. The van der Waals surface area contributed by atoms with Crippen molar-refractivity contribution < 1.29 is 28.2 Å². The van der Waals surface area contributed by atoms with E-state index in [2.05, 4.69) is 10.3 Å². The number of aromatic nitrogens is 1. The van der Waals surface area contributed by atoms with Crippen LogP contribution < -0.4 is 14.8 Å². The number of ether oxygens (including phenoxy) is 2. The zero-order valence-electron chi connectivity index (χ0n) is 16.3. The summed E-state index contributed by atoms with van der Waals surface area (Å²) in [5.74, 6) is 0.179. The van der Waals surface area contributed by atoms with Gasteiger partial charge in [-0.2, -0.15) is 0 Å². The second kappa shape index (κ2) is 10.1. The van der Waals surface area contributed by atoms with E-state index in [9.17, 15) is 9.67 Å². The van der Waals surface area contributed by atoms with Crippen LogP contribution >= 0.6 is 7.60 Å². The summed E-state index contributed by atoms with van der Waals surface area (Å²) in [5.41, 5.74) is 1.14. The standard InChI is InChI=1S/C19H25N2O6P/c1-5-26-28(23,27-6-2)18(13-21-15-8-7-9-20-12-15)14-10-16(24-3)19(22)17(11-14)25-4/h7-13,21-22H,5-6H2,1-4H3/b18-13+. The van der Waals surface area contributed by atoms with Crippen LogP contribution in [0.1, 0.15) is 19.4 Å². The van der Waals surface area contributed by atoms with Gasteiger partial charge in [-0.3, -0.25) is 9.55 Å². The van der Waals surface area contributed by atoms with Crippen molar-refractivity contribution in [1.29, 1.82) is 0 Å². The third-order valence-corrected chi connectivity index (χ3v) is 5.88. The van der Waals surface area contributed by atoms with Gasteiger partial charge >= 0.3 is 7.60 Å². The zero-order valence-corrected chi connectivity index (χ0v) is 17.2. The Hall–Kier alpha value is -2.54. The van der Waals surface area contributed by atoms with Crippen molar-refractivity contribution in [3.05, 3.63) is 48.4 Å².